The molecule has 1 heterocycles. The fourth-order valence-corrected chi connectivity index (χ4v) is 2.66. The number of anilines is 1. The predicted octanol–water partition coefficient (Wildman–Crippen LogP) is 2.12. The number of nitrogens with two attached hydrogens (primary N) is 1. The van der Waals surface area contributed by atoms with Crippen molar-refractivity contribution >= 4 is 23.3 Å². The van der Waals surface area contributed by atoms with Crippen LogP contribution in [-0.2, 0) is 9.53 Å². The number of amides is 1. The Bertz CT molecular complexity index is 639. The SMILES string of the molecule is CC(OC(=O)c1cc([N+](=O)[O-])ccc1N)C(=O)N1CCCCCC1. The lowest BCUT2D eigenvalue weighted by Gasteiger charge is -2.24. The van der Waals surface area contributed by atoms with Crippen molar-refractivity contribution in [1.29, 1.82) is 0 Å². The summed E-state index contributed by atoms with van der Waals surface area (Å²) in [5, 5.41) is 10.8. The summed E-state index contributed by atoms with van der Waals surface area (Å²) in [7, 11) is 0. The number of nitrogen functional groups attached to an aromatic ring is 1. The van der Waals surface area contributed by atoms with Crippen molar-refractivity contribution in [2.45, 2.75) is 38.7 Å². The number of benzene rings is 1. The van der Waals surface area contributed by atoms with E-state index in [9.17, 15) is 19.7 Å². The number of hydrogen-bond donors (Lipinski definition) is 1. The van der Waals surface area contributed by atoms with Gasteiger partial charge in [0.15, 0.2) is 6.10 Å². The Morgan fingerprint density at radius 1 is 1.25 bits per heavy atom. The summed E-state index contributed by atoms with van der Waals surface area (Å²) < 4.78 is 5.18. The number of ether oxygens (including phenoxy) is 1. The summed E-state index contributed by atoms with van der Waals surface area (Å²) in [6.45, 7) is 2.80. The van der Waals surface area contributed by atoms with Crippen LogP contribution in [0.25, 0.3) is 0 Å². The second kappa shape index (κ2) is 7.76. The lowest BCUT2D eigenvalue weighted by Crippen LogP contribution is -2.40. The molecule has 1 aromatic carbocycles. The molecule has 0 saturated carbocycles. The van der Waals surface area contributed by atoms with E-state index < -0.39 is 17.0 Å². The van der Waals surface area contributed by atoms with Crippen LogP contribution >= 0.6 is 0 Å². The van der Waals surface area contributed by atoms with E-state index in [1.54, 1.807) is 4.90 Å². The molecule has 1 fully saturated rings. The van der Waals surface area contributed by atoms with Gasteiger partial charge in [-0.3, -0.25) is 14.9 Å². The minimum Gasteiger partial charge on any atom is -0.449 e. The third-order valence-corrected chi connectivity index (χ3v) is 4.02. The molecule has 0 bridgehead atoms. The summed E-state index contributed by atoms with van der Waals surface area (Å²) in [5.41, 5.74) is 5.38. The summed E-state index contributed by atoms with van der Waals surface area (Å²) in [6.07, 6.45) is 3.08. The largest absolute Gasteiger partial charge is 0.449 e. The van der Waals surface area contributed by atoms with E-state index in [0.29, 0.717) is 13.1 Å². The van der Waals surface area contributed by atoms with Gasteiger partial charge in [0.05, 0.1) is 10.5 Å². The summed E-state index contributed by atoms with van der Waals surface area (Å²) >= 11 is 0. The van der Waals surface area contributed by atoms with Crippen molar-refractivity contribution in [1.82, 2.24) is 4.90 Å². The molecule has 2 N–H and O–H groups in total. The number of nitro benzene ring substituents is 1. The van der Waals surface area contributed by atoms with Gasteiger partial charge in [0, 0.05) is 30.9 Å². The van der Waals surface area contributed by atoms with Crippen LogP contribution in [0.2, 0.25) is 0 Å². The molecular formula is C16H21N3O5. The second-order valence-corrected chi connectivity index (χ2v) is 5.82. The second-order valence-electron chi connectivity index (χ2n) is 5.82. The highest BCUT2D eigenvalue weighted by Crippen LogP contribution is 2.21. The number of carbonyl (C=O) groups is 2. The average Bonchev–Trinajstić information content (AvgIpc) is 2.83. The molecular weight excluding hydrogens is 314 g/mol. The van der Waals surface area contributed by atoms with Gasteiger partial charge in [0.2, 0.25) is 0 Å². The van der Waals surface area contributed by atoms with E-state index >= 15 is 0 Å². The van der Waals surface area contributed by atoms with Gasteiger partial charge in [0.25, 0.3) is 11.6 Å². The molecule has 1 saturated heterocycles. The van der Waals surface area contributed by atoms with Gasteiger partial charge in [-0.25, -0.2) is 4.79 Å². The minimum absolute atomic E-state index is 0.0695. The Labute approximate surface area is 139 Å². The van der Waals surface area contributed by atoms with E-state index in [1.165, 1.54) is 19.1 Å². The van der Waals surface area contributed by atoms with Gasteiger partial charge in [0.1, 0.15) is 0 Å². The first-order valence-corrected chi connectivity index (χ1v) is 7.94. The maximum absolute atomic E-state index is 12.4. The van der Waals surface area contributed by atoms with Crippen LogP contribution in [0.4, 0.5) is 11.4 Å². The molecule has 130 valence electrons. The number of non-ortho nitro benzene ring substituents is 1. The first kappa shape index (κ1) is 17.7. The minimum atomic E-state index is -0.964. The molecule has 2 rings (SSSR count). The third kappa shape index (κ3) is 4.21. The Morgan fingerprint density at radius 3 is 2.46 bits per heavy atom. The number of esters is 1. The molecule has 1 aliphatic rings. The van der Waals surface area contributed by atoms with Crippen LogP contribution in [0.1, 0.15) is 43.0 Å². The van der Waals surface area contributed by atoms with E-state index in [0.717, 1.165) is 31.7 Å². The third-order valence-electron chi connectivity index (χ3n) is 4.02. The van der Waals surface area contributed by atoms with Crippen molar-refractivity contribution in [2.24, 2.45) is 0 Å². The molecule has 0 aliphatic carbocycles. The van der Waals surface area contributed by atoms with Crippen molar-refractivity contribution in [3.63, 3.8) is 0 Å². The predicted molar refractivity (Wildman–Crippen MR) is 87.4 cm³/mol. The van der Waals surface area contributed by atoms with Crippen LogP contribution in [0, 0.1) is 10.1 Å². The van der Waals surface area contributed by atoms with Crippen LogP contribution in [0.15, 0.2) is 18.2 Å². The molecule has 8 nitrogen and oxygen atoms in total. The van der Waals surface area contributed by atoms with Crippen molar-refractivity contribution in [2.75, 3.05) is 18.8 Å². The molecule has 8 heteroatoms. The van der Waals surface area contributed by atoms with Crippen molar-refractivity contribution in [3.05, 3.63) is 33.9 Å². The monoisotopic (exact) mass is 335 g/mol. The van der Waals surface area contributed by atoms with E-state index in [4.69, 9.17) is 10.5 Å². The maximum atomic E-state index is 12.4. The zero-order valence-electron chi connectivity index (χ0n) is 13.6. The van der Waals surface area contributed by atoms with Crippen LogP contribution in [0.5, 0.6) is 0 Å². The Morgan fingerprint density at radius 2 is 1.88 bits per heavy atom. The smallest absolute Gasteiger partial charge is 0.341 e. The quantitative estimate of drug-likeness (QED) is 0.390. The van der Waals surface area contributed by atoms with Crippen LogP contribution < -0.4 is 5.73 Å². The molecule has 0 spiro atoms. The molecule has 24 heavy (non-hydrogen) atoms. The molecule has 1 aliphatic heterocycles. The fraction of sp³-hybridized carbons (Fsp3) is 0.500. The zero-order chi connectivity index (χ0) is 17.7. The lowest BCUT2D eigenvalue weighted by atomic mass is 10.1. The zero-order valence-corrected chi connectivity index (χ0v) is 13.6. The van der Waals surface area contributed by atoms with Gasteiger partial charge in [-0.05, 0) is 25.8 Å². The normalized spacial score (nSPS) is 16.1. The van der Waals surface area contributed by atoms with E-state index in [1.807, 2.05) is 0 Å². The highest BCUT2D eigenvalue weighted by atomic mass is 16.6. The molecule has 0 radical (unpaired) electrons. The van der Waals surface area contributed by atoms with Gasteiger partial charge >= 0.3 is 5.97 Å². The van der Waals surface area contributed by atoms with Crippen LogP contribution in [0.3, 0.4) is 0 Å². The molecule has 1 aromatic rings. The van der Waals surface area contributed by atoms with E-state index in [2.05, 4.69) is 0 Å². The molecule has 1 amide bonds. The number of hydrogen-bond acceptors (Lipinski definition) is 6. The van der Waals surface area contributed by atoms with Crippen molar-refractivity contribution in [3.8, 4) is 0 Å². The van der Waals surface area contributed by atoms with Crippen molar-refractivity contribution < 1.29 is 19.2 Å². The Balaban J connectivity index is 2.06. The number of likely N-dealkylation sites (tertiary alicyclic amines) is 1. The summed E-state index contributed by atoms with van der Waals surface area (Å²) in [6, 6.07) is 3.54. The van der Waals surface area contributed by atoms with E-state index in [-0.39, 0.29) is 22.8 Å². The van der Waals surface area contributed by atoms with Gasteiger partial charge in [-0.15, -0.1) is 0 Å². The number of nitrogens with zero attached hydrogens (tertiary/aromatic N) is 2. The van der Waals surface area contributed by atoms with Gasteiger partial charge < -0.3 is 15.4 Å². The Hall–Kier alpha value is -2.64. The average molecular weight is 335 g/mol. The molecule has 1 unspecified atom stereocenters. The van der Waals surface area contributed by atoms with Gasteiger partial charge in [-0.2, -0.15) is 0 Å². The maximum Gasteiger partial charge on any atom is 0.341 e. The molecule has 0 aromatic heterocycles. The number of rotatable bonds is 4. The van der Waals surface area contributed by atoms with Crippen LogP contribution in [-0.4, -0.2) is 40.9 Å². The lowest BCUT2D eigenvalue weighted by molar-refractivity contribution is -0.384. The molecule has 1 atom stereocenters. The Kier molecular flexibility index (Phi) is 5.73. The highest BCUT2D eigenvalue weighted by molar-refractivity contribution is 5.97. The number of nitro groups is 1. The summed E-state index contributed by atoms with van der Waals surface area (Å²) in [4.78, 5) is 36.5. The summed E-state index contributed by atoms with van der Waals surface area (Å²) in [5.74, 6) is -1.10. The van der Waals surface area contributed by atoms with Gasteiger partial charge in [-0.1, -0.05) is 12.8 Å². The highest BCUT2D eigenvalue weighted by Gasteiger charge is 2.26. The first-order chi connectivity index (χ1) is 11.4. The standard InChI is InChI=1S/C16H21N3O5/c1-11(15(20)18-8-4-2-3-5-9-18)24-16(21)13-10-12(19(22)23)6-7-14(13)17/h6-7,10-11H,2-5,8-9,17H2,1H3. The first-order valence-electron chi connectivity index (χ1n) is 7.94. The topological polar surface area (TPSA) is 116 Å². The fourth-order valence-electron chi connectivity index (χ4n) is 2.66. The number of carbonyl (C=O) groups excluding carboxylic acids is 2.